The van der Waals surface area contributed by atoms with Gasteiger partial charge < -0.3 is 10.6 Å². The molecule has 194 valence electrons. The Hall–Kier alpha value is -0.930. The topological polar surface area (TPSA) is 42.9 Å². The van der Waals surface area contributed by atoms with Gasteiger partial charge in [-0.3, -0.25) is 14.8 Å². The molecule has 0 radical (unpaired) electrons. The Balaban J connectivity index is 1.80. The van der Waals surface area contributed by atoms with Crippen LogP contribution in [0.4, 0.5) is 0 Å². The first kappa shape index (κ1) is 27.7. The van der Waals surface area contributed by atoms with E-state index in [2.05, 4.69) is 54.0 Å². The first-order chi connectivity index (χ1) is 16.5. The maximum Gasteiger partial charge on any atom is 0.0601 e. The van der Waals surface area contributed by atoms with Crippen LogP contribution in [0.15, 0.2) is 4.99 Å². The van der Waals surface area contributed by atoms with Gasteiger partial charge in [-0.2, -0.15) is 0 Å². The molecular formula is C29H53N5. The van der Waals surface area contributed by atoms with Crippen LogP contribution in [0.25, 0.3) is 0 Å². The molecule has 3 fully saturated rings. The lowest BCUT2D eigenvalue weighted by Crippen LogP contribution is -2.58. The standard InChI is InChI=1S/C29H53N5/c1-6-18-30-25(5)22-34-21-17-24(4)31-26-12-8-10-14-28(26)33(19-7-2)20-16-23(3)32-27-13-9-11-15-29(27)34/h2,23-24,26-29,31-32H,6,8-22H2,1,3-5H3. The number of rotatable bonds is 5. The van der Waals surface area contributed by atoms with E-state index in [-0.39, 0.29) is 0 Å². The second-order valence-electron chi connectivity index (χ2n) is 11.4. The molecule has 3 rings (SSSR count). The van der Waals surface area contributed by atoms with Gasteiger partial charge in [0.15, 0.2) is 0 Å². The lowest BCUT2D eigenvalue weighted by atomic mass is 9.87. The summed E-state index contributed by atoms with van der Waals surface area (Å²) in [6.45, 7) is 14.3. The van der Waals surface area contributed by atoms with Crippen LogP contribution in [0.2, 0.25) is 0 Å². The van der Waals surface area contributed by atoms with E-state index in [4.69, 9.17) is 11.4 Å². The van der Waals surface area contributed by atoms with Crippen LogP contribution < -0.4 is 10.6 Å². The molecule has 0 aromatic heterocycles. The van der Waals surface area contributed by atoms with E-state index in [1.54, 1.807) is 0 Å². The highest BCUT2D eigenvalue weighted by atomic mass is 15.2. The van der Waals surface area contributed by atoms with Crippen LogP contribution in [0.1, 0.15) is 98.3 Å². The van der Waals surface area contributed by atoms with Gasteiger partial charge in [-0.15, -0.1) is 6.42 Å². The summed E-state index contributed by atoms with van der Waals surface area (Å²) >= 11 is 0. The fourth-order valence-electron chi connectivity index (χ4n) is 6.59. The minimum absolute atomic E-state index is 0.513. The second-order valence-corrected chi connectivity index (χ2v) is 11.4. The summed E-state index contributed by atoms with van der Waals surface area (Å²) in [5, 5.41) is 8.16. The van der Waals surface area contributed by atoms with Gasteiger partial charge in [-0.1, -0.05) is 38.5 Å². The zero-order valence-corrected chi connectivity index (χ0v) is 22.7. The molecular weight excluding hydrogens is 418 g/mol. The van der Waals surface area contributed by atoms with Crippen molar-refractivity contribution in [2.45, 2.75) is 135 Å². The van der Waals surface area contributed by atoms with Crippen molar-refractivity contribution < 1.29 is 0 Å². The third kappa shape index (κ3) is 8.33. The van der Waals surface area contributed by atoms with Gasteiger partial charge >= 0.3 is 0 Å². The summed E-state index contributed by atoms with van der Waals surface area (Å²) in [6, 6.07) is 3.36. The second kappa shape index (κ2) is 14.6. The van der Waals surface area contributed by atoms with Crippen LogP contribution in [-0.4, -0.2) is 84.5 Å². The van der Waals surface area contributed by atoms with E-state index in [0.717, 1.165) is 39.1 Å². The average molecular weight is 472 g/mol. The molecule has 1 aliphatic heterocycles. The number of hydrogen-bond donors (Lipinski definition) is 2. The molecule has 0 bridgehead atoms. The normalized spacial score (nSPS) is 35.6. The Morgan fingerprint density at radius 2 is 1.38 bits per heavy atom. The van der Waals surface area contributed by atoms with E-state index in [9.17, 15) is 0 Å². The lowest BCUT2D eigenvalue weighted by molar-refractivity contribution is 0.101. The molecule has 3 aliphatic rings. The fourth-order valence-corrected chi connectivity index (χ4v) is 6.59. The van der Waals surface area contributed by atoms with E-state index in [1.165, 1.54) is 69.9 Å². The molecule has 1 heterocycles. The third-order valence-electron chi connectivity index (χ3n) is 8.42. The highest BCUT2D eigenvalue weighted by Crippen LogP contribution is 2.27. The molecule has 0 spiro atoms. The summed E-state index contributed by atoms with van der Waals surface area (Å²) in [5.41, 5.74) is 1.30. The average Bonchev–Trinajstić information content (AvgIpc) is 2.83. The Kier molecular flexibility index (Phi) is 11.9. The summed E-state index contributed by atoms with van der Waals surface area (Å²) in [4.78, 5) is 10.3. The van der Waals surface area contributed by atoms with E-state index < -0.39 is 0 Å². The Morgan fingerprint density at radius 3 is 1.94 bits per heavy atom. The molecule has 5 nitrogen and oxygen atoms in total. The van der Waals surface area contributed by atoms with Crippen molar-refractivity contribution in [3.8, 4) is 12.3 Å². The van der Waals surface area contributed by atoms with E-state index in [0.29, 0.717) is 36.3 Å². The molecule has 0 amide bonds. The van der Waals surface area contributed by atoms with Crippen molar-refractivity contribution >= 4 is 5.71 Å². The molecule has 6 atom stereocenters. The monoisotopic (exact) mass is 471 g/mol. The van der Waals surface area contributed by atoms with Gasteiger partial charge in [-0.05, 0) is 65.7 Å². The predicted octanol–water partition coefficient (Wildman–Crippen LogP) is 4.47. The smallest absolute Gasteiger partial charge is 0.0601 e. The first-order valence-electron chi connectivity index (χ1n) is 14.4. The molecule has 5 heteroatoms. The van der Waals surface area contributed by atoms with Crippen molar-refractivity contribution in [2.24, 2.45) is 4.99 Å². The highest BCUT2D eigenvalue weighted by molar-refractivity contribution is 5.83. The SMILES string of the molecule is C#CCN1CCC(C)NC2CCCCC2N(CC(C)=NCCC)CCC(C)NC2CCCCC21. The number of nitrogens with zero attached hydrogens (tertiary/aromatic N) is 3. The van der Waals surface area contributed by atoms with Crippen LogP contribution in [0.3, 0.4) is 0 Å². The summed E-state index contributed by atoms with van der Waals surface area (Å²) in [6.07, 6.45) is 19.9. The number of fused-ring (bicyclic) bond motifs is 2. The van der Waals surface area contributed by atoms with Crippen LogP contribution in [0, 0.1) is 12.3 Å². The van der Waals surface area contributed by atoms with Gasteiger partial charge in [-0.25, -0.2) is 0 Å². The molecule has 2 N–H and O–H groups in total. The summed E-state index contributed by atoms with van der Waals surface area (Å²) in [7, 11) is 0. The Labute approximate surface area is 210 Å². The first-order valence-corrected chi connectivity index (χ1v) is 14.4. The maximum absolute atomic E-state index is 5.83. The predicted molar refractivity (Wildman–Crippen MR) is 147 cm³/mol. The van der Waals surface area contributed by atoms with Crippen LogP contribution in [0.5, 0.6) is 0 Å². The Bertz CT molecular complexity index is 655. The number of aliphatic imine (C=N–C) groups is 1. The van der Waals surface area contributed by atoms with Gasteiger partial charge in [0.25, 0.3) is 0 Å². The van der Waals surface area contributed by atoms with Gasteiger partial charge in [0.05, 0.1) is 6.54 Å². The zero-order chi connectivity index (χ0) is 24.3. The summed E-state index contributed by atoms with van der Waals surface area (Å²) in [5.74, 6) is 2.97. The molecule has 2 aliphatic carbocycles. The molecule has 1 saturated heterocycles. The number of terminal acetylenes is 1. The van der Waals surface area contributed by atoms with Crippen molar-refractivity contribution in [3.05, 3.63) is 0 Å². The highest BCUT2D eigenvalue weighted by Gasteiger charge is 2.34. The van der Waals surface area contributed by atoms with Crippen LogP contribution in [-0.2, 0) is 0 Å². The Morgan fingerprint density at radius 1 is 0.853 bits per heavy atom. The molecule has 2 saturated carbocycles. The van der Waals surface area contributed by atoms with Crippen molar-refractivity contribution in [3.63, 3.8) is 0 Å². The third-order valence-corrected chi connectivity index (χ3v) is 8.42. The van der Waals surface area contributed by atoms with Gasteiger partial charge in [0.1, 0.15) is 0 Å². The molecule has 0 aromatic rings. The lowest BCUT2D eigenvalue weighted by Gasteiger charge is -2.44. The number of hydrogen-bond acceptors (Lipinski definition) is 5. The quantitative estimate of drug-likeness (QED) is 0.459. The van der Waals surface area contributed by atoms with Crippen molar-refractivity contribution in [1.29, 1.82) is 0 Å². The zero-order valence-electron chi connectivity index (χ0n) is 22.7. The van der Waals surface area contributed by atoms with Crippen molar-refractivity contribution in [2.75, 3.05) is 32.7 Å². The largest absolute Gasteiger partial charge is 0.310 e. The minimum atomic E-state index is 0.513. The minimum Gasteiger partial charge on any atom is -0.310 e. The van der Waals surface area contributed by atoms with Crippen molar-refractivity contribution in [1.82, 2.24) is 20.4 Å². The van der Waals surface area contributed by atoms with Crippen LogP contribution >= 0.6 is 0 Å². The van der Waals surface area contributed by atoms with Gasteiger partial charge in [0, 0.05) is 68.1 Å². The van der Waals surface area contributed by atoms with Gasteiger partial charge in [0.2, 0.25) is 0 Å². The summed E-state index contributed by atoms with van der Waals surface area (Å²) < 4.78 is 0. The molecule has 34 heavy (non-hydrogen) atoms. The molecule has 0 aromatic carbocycles. The maximum atomic E-state index is 5.83. The molecule has 6 unspecified atom stereocenters. The fraction of sp³-hybridized carbons (Fsp3) is 0.897. The van der Waals surface area contributed by atoms with E-state index >= 15 is 0 Å². The number of nitrogens with one attached hydrogen (secondary N) is 2. The van der Waals surface area contributed by atoms with E-state index in [1.807, 2.05) is 0 Å².